The molecule has 6 heteroatoms. The van der Waals surface area contributed by atoms with E-state index < -0.39 is 11.5 Å². The lowest BCUT2D eigenvalue weighted by atomic mass is 9.86. The van der Waals surface area contributed by atoms with Gasteiger partial charge < -0.3 is 24.4 Å². The smallest absolute Gasteiger partial charge is 0.181 e. The van der Waals surface area contributed by atoms with Crippen LogP contribution in [-0.4, -0.2) is 35.3 Å². The molecule has 0 radical (unpaired) electrons. The van der Waals surface area contributed by atoms with E-state index in [1.165, 1.54) is 6.07 Å². The predicted octanol–water partition coefficient (Wildman–Crippen LogP) is 3.65. The molecule has 0 amide bonds. The summed E-state index contributed by atoms with van der Waals surface area (Å²) in [7, 11) is 1.58. The van der Waals surface area contributed by atoms with Gasteiger partial charge in [0, 0.05) is 17.7 Å². The second-order valence-electron chi connectivity index (χ2n) is 7.20. The van der Waals surface area contributed by atoms with Crippen LogP contribution in [0, 0.1) is 0 Å². The largest absolute Gasteiger partial charge is 0.508 e. The van der Waals surface area contributed by atoms with Gasteiger partial charge in [0.2, 0.25) is 0 Å². The van der Waals surface area contributed by atoms with Gasteiger partial charge in [0.25, 0.3) is 0 Å². The first-order valence-corrected chi connectivity index (χ1v) is 8.63. The molecule has 2 aliphatic heterocycles. The fourth-order valence-electron chi connectivity index (χ4n) is 3.51. The van der Waals surface area contributed by atoms with Gasteiger partial charge in [-0.15, -0.1) is 0 Å². The highest BCUT2D eigenvalue weighted by Gasteiger charge is 2.37. The number of hydrogen-bond acceptors (Lipinski definition) is 6. The van der Waals surface area contributed by atoms with Crippen molar-refractivity contribution in [3.05, 3.63) is 47.0 Å². The number of fused-ring (bicyclic) bond motifs is 2. The van der Waals surface area contributed by atoms with Crippen LogP contribution in [0.25, 0.3) is 6.08 Å². The third-order valence-electron chi connectivity index (χ3n) is 4.83. The van der Waals surface area contributed by atoms with Crippen LogP contribution in [0.15, 0.2) is 30.3 Å². The molecule has 2 N–H and O–H groups in total. The number of carbonyl (C=O) groups is 1. The molecule has 2 aromatic rings. The highest BCUT2D eigenvalue weighted by Crippen LogP contribution is 2.46. The van der Waals surface area contributed by atoms with E-state index in [4.69, 9.17) is 14.2 Å². The van der Waals surface area contributed by atoms with Crippen LogP contribution in [0.4, 0.5) is 0 Å². The van der Waals surface area contributed by atoms with Gasteiger partial charge in [-0.1, -0.05) is 6.07 Å². The van der Waals surface area contributed by atoms with E-state index in [0.717, 1.165) is 11.6 Å². The maximum Gasteiger partial charge on any atom is 0.181 e. The number of aromatic hydroxyl groups is 2. The summed E-state index contributed by atoms with van der Waals surface area (Å²) in [6.07, 6.45) is 3.86. The molecule has 2 aromatic carbocycles. The molecule has 0 fully saturated rings. The van der Waals surface area contributed by atoms with Crippen molar-refractivity contribution < 1.29 is 29.2 Å². The molecule has 0 saturated carbocycles. The summed E-state index contributed by atoms with van der Waals surface area (Å²) in [6, 6.07) is 6.05. The number of methoxy groups -OCH3 is 1. The number of benzene rings is 2. The predicted molar refractivity (Wildman–Crippen MR) is 99.1 cm³/mol. The monoisotopic (exact) mass is 368 g/mol. The zero-order chi connectivity index (χ0) is 19.3. The van der Waals surface area contributed by atoms with Crippen LogP contribution >= 0.6 is 0 Å². The Morgan fingerprint density at radius 3 is 2.74 bits per heavy atom. The minimum absolute atomic E-state index is 0.0687. The maximum atomic E-state index is 13.1. The fourth-order valence-corrected chi connectivity index (χ4v) is 3.51. The number of hydrogen-bond donors (Lipinski definition) is 2. The first-order chi connectivity index (χ1) is 12.8. The molecule has 1 atom stereocenters. The summed E-state index contributed by atoms with van der Waals surface area (Å²) in [5, 5.41) is 19.8. The van der Waals surface area contributed by atoms with Gasteiger partial charge in [-0.3, -0.25) is 4.79 Å². The number of phenolic OH excluding ortho intramolecular Hbond substituents is 2. The van der Waals surface area contributed by atoms with Gasteiger partial charge in [0.15, 0.2) is 5.78 Å². The summed E-state index contributed by atoms with van der Waals surface area (Å²) in [6.45, 7) is 3.94. The van der Waals surface area contributed by atoms with Crippen LogP contribution in [-0.2, 0) is 0 Å². The third-order valence-corrected chi connectivity index (χ3v) is 4.83. The Balaban J connectivity index is 1.84. The van der Waals surface area contributed by atoms with Gasteiger partial charge in [-0.2, -0.15) is 0 Å². The molecule has 0 spiro atoms. The molecule has 0 aliphatic carbocycles. The molecule has 0 aromatic heterocycles. The average Bonchev–Trinajstić information content (AvgIpc) is 2.60. The van der Waals surface area contributed by atoms with Crippen LogP contribution in [0.5, 0.6) is 28.7 Å². The van der Waals surface area contributed by atoms with Crippen LogP contribution in [0.2, 0.25) is 0 Å². The number of carbonyl (C=O) groups excluding carboxylic acids is 1. The zero-order valence-corrected chi connectivity index (χ0v) is 15.3. The molecule has 6 nitrogen and oxygen atoms in total. The first-order valence-electron chi connectivity index (χ1n) is 8.63. The van der Waals surface area contributed by atoms with Crippen LogP contribution in [0.1, 0.15) is 41.3 Å². The minimum Gasteiger partial charge on any atom is -0.508 e. The summed E-state index contributed by atoms with van der Waals surface area (Å²) in [5.41, 5.74) is 0.979. The van der Waals surface area contributed by atoms with Gasteiger partial charge in [0.05, 0.1) is 18.6 Å². The summed E-state index contributed by atoms with van der Waals surface area (Å²) < 4.78 is 17.3. The SMILES string of the molecule is COc1ccc([C@@H]2COc3cc(O)cc(O)c3C2=O)c2c1C=CC(C)(C)O2. The van der Waals surface area contributed by atoms with E-state index in [-0.39, 0.29) is 35.2 Å². The first kappa shape index (κ1) is 17.3. The Hall–Kier alpha value is -3.15. The Kier molecular flexibility index (Phi) is 3.80. The molecule has 0 unspecified atom stereocenters. The van der Waals surface area contributed by atoms with E-state index in [0.29, 0.717) is 17.1 Å². The number of rotatable bonds is 2. The van der Waals surface area contributed by atoms with Gasteiger partial charge in [-0.05, 0) is 32.1 Å². The van der Waals surface area contributed by atoms with Crippen LogP contribution < -0.4 is 14.2 Å². The molecule has 0 bridgehead atoms. The summed E-state index contributed by atoms with van der Waals surface area (Å²) in [4.78, 5) is 13.1. The van der Waals surface area contributed by atoms with Gasteiger partial charge in [-0.25, -0.2) is 0 Å². The van der Waals surface area contributed by atoms with E-state index in [1.807, 2.05) is 26.0 Å². The molecule has 140 valence electrons. The molecular formula is C21H20O6. The molecule has 2 aliphatic rings. The molecular weight excluding hydrogens is 348 g/mol. The molecule has 27 heavy (non-hydrogen) atoms. The van der Waals surface area contributed by atoms with Crippen molar-refractivity contribution in [1.29, 1.82) is 0 Å². The number of ketones is 1. The maximum absolute atomic E-state index is 13.1. The zero-order valence-electron chi connectivity index (χ0n) is 15.3. The van der Waals surface area contributed by atoms with Crippen molar-refractivity contribution in [3.63, 3.8) is 0 Å². The van der Waals surface area contributed by atoms with E-state index in [1.54, 1.807) is 19.2 Å². The lowest BCUT2D eigenvalue weighted by Crippen LogP contribution is -2.31. The second kappa shape index (κ2) is 5.94. The van der Waals surface area contributed by atoms with Crippen molar-refractivity contribution in [3.8, 4) is 28.7 Å². The second-order valence-corrected chi connectivity index (χ2v) is 7.20. The minimum atomic E-state index is -0.644. The lowest BCUT2D eigenvalue weighted by Gasteiger charge is -2.33. The molecule has 0 saturated heterocycles. The van der Waals surface area contributed by atoms with Gasteiger partial charge in [0.1, 0.15) is 46.5 Å². The van der Waals surface area contributed by atoms with Crippen molar-refractivity contribution in [2.75, 3.05) is 13.7 Å². The normalized spacial score (nSPS) is 19.5. The highest BCUT2D eigenvalue weighted by atomic mass is 16.5. The Labute approximate surface area is 156 Å². The Morgan fingerprint density at radius 2 is 2.00 bits per heavy atom. The van der Waals surface area contributed by atoms with Crippen molar-refractivity contribution in [2.24, 2.45) is 0 Å². The van der Waals surface area contributed by atoms with E-state index in [9.17, 15) is 15.0 Å². The topological polar surface area (TPSA) is 85.2 Å². The van der Waals surface area contributed by atoms with Gasteiger partial charge >= 0.3 is 0 Å². The van der Waals surface area contributed by atoms with Crippen molar-refractivity contribution in [1.82, 2.24) is 0 Å². The van der Waals surface area contributed by atoms with Crippen molar-refractivity contribution in [2.45, 2.75) is 25.4 Å². The Morgan fingerprint density at radius 1 is 1.22 bits per heavy atom. The number of phenols is 2. The van der Waals surface area contributed by atoms with E-state index >= 15 is 0 Å². The molecule has 4 rings (SSSR count). The number of Topliss-reactive ketones (excluding diaryl/α,β-unsaturated/α-hetero) is 1. The van der Waals surface area contributed by atoms with E-state index in [2.05, 4.69) is 0 Å². The summed E-state index contributed by atoms with van der Waals surface area (Å²) >= 11 is 0. The fraction of sp³-hybridized carbons (Fsp3) is 0.286. The summed E-state index contributed by atoms with van der Waals surface area (Å²) in [5.74, 6) is 0.0189. The van der Waals surface area contributed by atoms with Crippen molar-refractivity contribution >= 4 is 11.9 Å². The average molecular weight is 368 g/mol. The Bertz CT molecular complexity index is 973. The highest BCUT2D eigenvalue weighted by molar-refractivity contribution is 6.07. The number of ether oxygens (including phenoxy) is 3. The third kappa shape index (κ3) is 2.77. The quantitative estimate of drug-likeness (QED) is 0.842. The standard InChI is InChI=1S/C21H20O6/c1-21(2)7-6-13-16(25-3)5-4-12(20(13)27-21)14-10-26-17-9-11(22)8-15(23)18(17)19(14)24/h4-9,14,22-23H,10H2,1-3H3/t14-/m0/s1. The van der Waals surface area contributed by atoms with Crippen LogP contribution in [0.3, 0.4) is 0 Å². The molecule has 2 heterocycles. The lowest BCUT2D eigenvalue weighted by molar-refractivity contribution is 0.0882.